The molecular weight excluding hydrogens is 176 g/mol. The van der Waals surface area contributed by atoms with E-state index in [2.05, 4.69) is 22.9 Å². The smallest absolute Gasteiger partial charge is 0.106 e. The average molecular weight is 196 g/mol. The van der Waals surface area contributed by atoms with Gasteiger partial charge < -0.3 is 15.5 Å². The predicted molar refractivity (Wildman–Crippen MR) is 56.7 cm³/mol. The number of hydrogen-bond donors (Lipinski definition) is 1. The molecule has 1 aliphatic rings. The van der Waals surface area contributed by atoms with Crippen LogP contribution < -0.4 is 5.73 Å². The summed E-state index contributed by atoms with van der Waals surface area (Å²) in [6.07, 6.45) is 1.27. The van der Waals surface area contributed by atoms with Gasteiger partial charge >= 0.3 is 0 Å². The second kappa shape index (κ2) is 5.30. The summed E-state index contributed by atoms with van der Waals surface area (Å²) in [5.41, 5.74) is 5.56. The molecule has 80 valence electrons. The largest absolute Gasteiger partial charge is 0.315 e. The Hall–Kier alpha value is -0.630. The van der Waals surface area contributed by atoms with Gasteiger partial charge in [0.2, 0.25) is 0 Å². The van der Waals surface area contributed by atoms with Gasteiger partial charge in [0.05, 0.1) is 6.07 Å². The first kappa shape index (κ1) is 11.4. The van der Waals surface area contributed by atoms with E-state index in [0.29, 0.717) is 6.54 Å². The van der Waals surface area contributed by atoms with Crippen LogP contribution in [0.15, 0.2) is 0 Å². The lowest BCUT2D eigenvalue weighted by Gasteiger charge is -2.21. The van der Waals surface area contributed by atoms with Crippen molar-refractivity contribution < 1.29 is 0 Å². The van der Waals surface area contributed by atoms with E-state index in [9.17, 15) is 0 Å². The summed E-state index contributed by atoms with van der Waals surface area (Å²) >= 11 is 0. The van der Waals surface area contributed by atoms with E-state index in [0.717, 1.165) is 12.5 Å². The molecule has 4 heteroatoms. The molecule has 2 unspecified atom stereocenters. The predicted octanol–water partition coefficient (Wildman–Crippen LogP) is -0.279. The minimum atomic E-state index is -0.348. The fourth-order valence-electron chi connectivity index (χ4n) is 2.07. The Labute approximate surface area is 86.3 Å². The molecule has 0 radical (unpaired) electrons. The van der Waals surface area contributed by atoms with Crippen molar-refractivity contribution in [2.24, 2.45) is 11.7 Å². The molecular formula is C10H20N4. The van der Waals surface area contributed by atoms with E-state index in [4.69, 9.17) is 11.0 Å². The van der Waals surface area contributed by atoms with E-state index in [1.807, 2.05) is 7.05 Å². The van der Waals surface area contributed by atoms with Crippen LogP contribution in [0.3, 0.4) is 0 Å². The SMILES string of the molecule is CN1CCC(CN(C)CC(N)C#N)C1. The van der Waals surface area contributed by atoms with Crippen molar-refractivity contribution >= 4 is 0 Å². The molecule has 0 amide bonds. The lowest BCUT2D eigenvalue weighted by atomic mass is 10.1. The third-order valence-electron chi connectivity index (χ3n) is 2.73. The minimum Gasteiger partial charge on any atom is -0.315 e. The highest BCUT2D eigenvalue weighted by molar-refractivity contribution is 4.89. The van der Waals surface area contributed by atoms with Crippen molar-refractivity contribution in [1.29, 1.82) is 5.26 Å². The summed E-state index contributed by atoms with van der Waals surface area (Å²) in [6.45, 7) is 4.10. The van der Waals surface area contributed by atoms with Crippen molar-refractivity contribution in [3.8, 4) is 6.07 Å². The Bertz CT molecular complexity index is 211. The monoisotopic (exact) mass is 196 g/mol. The Balaban J connectivity index is 2.21. The third-order valence-corrected chi connectivity index (χ3v) is 2.73. The molecule has 0 aromatic carbocycles. The zero-order valence-electron chi connectivity index (χ0n) is 9.11. The van der Waals surface area contributed by atoms with Crippen molar-refractivity contribution in [3.63, 3.8) is 0 Å². The van der Waals surface area contributed by atoms with Crippen LogP contribution in [0.4, 0.5) is 0 Å². The van der Waals surface area contributed by atoms with Crippen LogP contribution in [-0.2, 0) is 0 Å². The van der Waals surface area contributed by atoms with Crippen LogP contribution in [0.2, 0.25) is 0 Å². The van der Waals surface area contributed by atoms with Crippen LogP contribution in [0.5, 0.6) is 0 Å². The maximum absolute atomic E-state index is 8.58. The van der Waals surface area contributed by atoms with E-state index in [1.165, 1.54) is 19.5 Å². The normalized spacial score (nSPS) is 25.2. The molecule has 2 N–H and O–H groups in total. The Morgan fingerprint density at radius 2 is 2.43 bits per heavy atom. The van der Waals surface area contributed by atoms with Gasteiger partial charge in [0.25, 0.3) is 0 Å². The standard InChI is InChI=1S/C10H20N4/c1-13-4-3-9(6-13)7-14(2)8-10(12)5-11/h9-10H,3-4,6-8,12H2,1-2H3. The molecule has 14 heavy (non-hydrogen) atoms. The second-order valence-corrected chi connectivity index (χ2v) is 4.37. The highest BCUT2D eigenvalue weighted by Gasteiger charge is 2.21. The molecule has 1 rings (SSSR count). The number of nitrogens with zero attached hydrogens (tertiary/aromatic N) is 3. The van der Waals surface area contributed by atoms with Gasteiger partial charge in [-0.15, -0.1) is 0 Å². The molecule has 1 heterocycles. The molecule has 1 fully saturated rings. The Kier molecular flexibility index (Phi) is 4.33. The fraction of sp³-hybridized carbons (Fsp3) is 0.900. The fourth-order valence-corrected chi connectivity index (χ4v) is 2.07. The molecule has 0 spiro atoms. The number of rotatable bonds is 4. The van der Waals surface area contributed by atoms with Crippen LogP contribution in [0, 0.1) is 17.2 Å². The first-order chi connectivity index (χ1) is 6.61. The highest BCUT2D eigenvalue weighted by atomic mass is 15.2. The molecule has 0 aromatic rings. The quantitative estimate of drug-likeness (QED) is 0.672. The highest BCUT2D eigenvalue weighted by Crippen LogP contribution is 2.14. The number of likely N-dealkylation sites (N-methyl/N-ethyl adjacent to an activating group) is 1. The first-order valence-electron chi connectivity index (χ1n) is 5.14. The van der Waals surface area contributed by atoms with Gasteiger partial charge in [0.15, 0.2) is 0 Å². The summed E-state index contributed by atoms with van der Waals surface area (Å²) in [6, 6.07) is 1.71. The van der Waals surface area contributed by atoms with Crippen molar-refractivity contribution in [2.75, 3.05) is 40.3 Å². The molecule has 0 aromatic heterocycles. The molecule has 1 aliphatic heterocycles. The second-order valence-electron chi connectivity index (χ2n) is 4.37. The molecule has 1 saturated heterocycles. The molecule has 0 saturated carbocycles. The number of nitrogens with two attached hydrogens (primary N) is 1. The van der Waals surface area contributed by atoms with Crippen LogP contribution in [0.25, 0.3) is 0 Å². The van der Waals surface area contributed by atoms with Crippen LogP contribution in [0.1, 0.15) is 6.42 Å². The summed E-state index contributed by atoms with van der Waals surface area (Å²) in [7, 11) is 4.19. The lowest BCUT2D eigenvalue weighted by molar-refractivity contribution is 0.270. The maximum atomic E-state index is 8.58. The minimum absolute atomic E-state index is 0.348. The van der Waals surface area contributed by atoms with Gasteiger partial charge in [-0.1, -0.05) is 0 Å². The van der Waals surface area contributed by atoms with Gasteiger partial charge in [-0.3, -0.25) is 0 Å². The third kappa shape index (κ3) is 3.62. The summed E-state index contributed by atoms with van der Waals surface area (Å²) in [5, 5.41) is 8.58. The molecule has 2 atom stereocenters. The summed E-state index contributed by atoms with van der Waals surface area (Å²) < 4.78 is 0. The van der Waals surface area contributed by atoms with Gasteiger partial charge in [0.1, 0.15) is 6.04 Å². The first-order valence-corrected chi connectivity index (χ1v) is 5.14. The van der Waals surface area contributed by atoms with E-state index >= 15 is 0 Å². The zero-order chi connectivity index (χ0) is 10.6. The Morgan fingerprint density at radius 3 is 2.93 bits per heavy atom. The molecule has 4 nitrogen and oxygen atoms in total. The molecule has 0 aliphatic carbocycles. The van der Waals surface area contributed by atoms with E-state index in [1.54, 1.807) is 0 Å². The summed E-state index contributed by atoms with van der Waals surface area (Å²) in [4.78, 5) is 4.51. The average Bonchev–Trinajstić information content (AvgIpc) is 2.50. The van der Waals surface area contributed by atoms with Crippen molar-refractivity contribution in [1.82, 2.24) is 9.80 Å². The molecule has 0 bridgehead atoms. The lowest BCUT2D eigenvalue weighted by Crippen LogP contribution is -2.37. The van der Waals surface area contributed by atoms with Crippen molar-refractivity contribution in [2.45, 2.75) is 12.5 Å². The topological polar surface area (TPSA) is 56.3 Å². The summed E-state index contributed by atoms with van der Waals surface area (Å²) in [5.74, 6) is 0.746. The van der Waals surface area contributed by atoms with Crippen LogP contribution >= 0.6 is 0 Å². The maximum Gasteiger partial charge on any atom is 0.106 e. The number of hydrogen-bond acceptors (Lipinski definition) is 4. The van der Waals surface area contributed by atoms with Gasteiger partial charge in [-0.2, -0.15) is 5.26 Å². The van der Waals surface area contributed by atoms with E-state index < -0.39 is 0 Å². The van der Waals surface area contributed by atoms with Gasteiger partial charge in [-0.25, -0.2) is 0 Å². The van der Waals surface area contributed by atoms with E-state index in [-0.39, 0.29) is 6.04 Å². The zero-order valence-corrected chi connectivity index (χ0v) is 9.11. The van der Waals surface area contributed by atoms with Gasteiger partial charge in [0, 0.05) is 19.6 Å². The number of nitriles is 1. The number of likely N-dealkylation sites (tertiary alicyclic amines) is 1. The van der Waals surface area contributed by atoms with Gasteiger partial charge in [-0.05, 0) is 33.0 Å². The van der Waals surface area contributed by atoms with Crippen LogP contribution in [-0.4, -0.2) is 56.1 Å². The van der Waals surface area contributed by atoms with Crippen molar-refractivity contribution in [3.05, 3.63) is 0 Å². The Morgan fingerprint density at radius 1 is 1.71 bits per heavy atom.